The van der Waals surface area contributed by atoms with E-state index in [0.717, 1.165) is 48.3 Å². The van der Waals surface area contributed by atoms with Gasteiger partial charge in [0.15, 0.2) is 0 Å². The van der Waals surface area contributed by atoms with Crippen LogP contribution in [0.1, 0.15) is 33.6 Å². The zero-order valence-corrected chi connectivity index (χ0v) is 24.3. The summed E-state index contributed by atoms with van der Waals surface area (Å²) in [4.78, 5) is 11.3. The third kappa shape index (κ3) is 8.27. The SMILES string of the molecule is CCC(C)/C(C=NC)=C(/CN=CC1=CC#CNC(NC)=C1/C=C/C1=C(F)C=CC=CC1)C(=N)N1CCNC(C)C1. The minimum Gasteiger partial charge on any atom is -0.374 e. The Bertz CT molecular complexity index is 1280. The molecule has 0 spiro atoms. The Morgan fingerprint density at radius 2 is 2.17 bits per heavy atom. The van der Waals surface area contributed by atoms with E-state index in [2.05, 4.69) is 58.6 Å². The van der Waals surface area contributed by atoms with E-state index in [1.165, 1.54) is 6.08 Å². The van der Waals surface area contributed by atoms with E-state index in [0.29, 0.717) is 36.2 Å². The van der Waals surface area contributed by atoms with Gasteiger partial charge in [0.25, 0.3) is 0 Å². The maximum Gasteiger partial charge on any atom is 0.126 e. The summed E-state index contributed by atoms with van der Waals surface area (Å²) in [7, 11) is 3.58. The monoisotopic (exact) mass is 543 g/mol. The zero-order chi connectivity index (χ0) is 28.9. The lowest BCUT2D eigenvalue weighted by atomic mass is 9.93. The minimum absolute atomic E-state index is 0.238. The van der Waals surface area contributed by atoms with E-state index < -0.39 is 0 Å². The number of rotatable bonds is 10. The maximum atomic E-state index is 14.5. The summed E-state index contributed by atoms with van der Waals surface area (Å²) in [5.41, 5.74) is 4.10. The zero-order valence-electron chi connectivity index (χ0n) is 24.3. The molecule has 0 aromatic carbocycles. The van der Waals surface area contributed by atoms with Crippen LogP contribution in [0.5, 0.6) is 0 Å². The molecule has 0 amide bonds. The lowest BCUT2D eigenvalue weighted by Crippen LogP contribution is -2.51. The molecule has 8 heteroatoms. The van der Waals surface area contributed by atoms with Crippen LogP contribution in [0, 0.1) is 23.3 Å². The lowest BCUT2D eigenvalue weighted by Gasteiger charge is -2.35. The second-order valence-electron chi connectivity index (χ2n) is 9.98. The number of halogens is 1. The van der Waals surface area contributed by atoms with E-state index in [4.69, 9.17) is 10.4 Å². The maximum absolute atomic E-state index is 14.5. The predicted molar refractivity (Wildman–Crippen MR) is 166 cm³/mol. The average Bonchev–Trinajstić information content (AvgIpc) is 3.29. The molecule has 0 bridgehead atoms. The van der Waals surface area contributed by atoms with Crippen LogP contribution in [0.25, 0.3) is 0 Å². The highest BCUT2D eigenvalue weighted by Crippen LogP contribution is 2.23. The number of hydrogen-bond acceptors (Lipinski definition) is 6. The van der Waals surface area contributed by atoms with Crippen molar-refractivity contribution in [3.8, 4) is 12.0 Å². The van der Waals surface area contributed by atoms with Crippen LogP contribution < -0.4 is 16.0 Å². The lowest BCUT2D eigenvalue weighted by molar-refractivity contribution is 0.302. The van der Waals surface area contributed by atoms with Crippen molar-refractivity contribution in [2.75, 3.05) is 40.3 Å². The van der Waals surface area contributed by atoms with Gasteiger partial charge in [-0.25, -0.2) is 4.39 Å². The second kappa shape index (κ2) is 15.6. The molecular formula is C32H42FN7. The van der Waals surface area contributed by atoms with Crippen molar-refractivity contribution in [2.45, 2.75) is 39.7 Å². The molecule has 1 aliphatic carbocycles. The molecule has 0 aromatic rings. The number of amidine groups is 1. The molecule has 2 atom stereocenters. The highest BCUT2D eigenvalue weighted by molar-refractivity contribution is 6.02. The Labute approximate surface area is 238 Å². The Morgan fingerprint density at radius 1 is 1.35 bits per heavy atom. The number of aliphatic imine (C=N–C) groups is 2. The quantitative estimate of drug-likeness (QED) is 0.184. The van der Waals surface area contributed by atoms with Crippen molar-refractivity contribution in [3.63, 3.8) is 0 Å². The molecule has 2 heterocycles. The van der Waals surface area contributed by atoms with Gasteiger partial charge in [-0.1, -0.05) is 50.1 Å². The first-order valence-corrected chi connectivity index (χ1v) is 13.9. The van der Waals surface area contributed by atoms with Gasteiger partial charge in [-0.2, -0.15) is 0 Å². The van der Waals surface area contributed by atoms with Gasteiger partial charge in [-0.05, 0) is 49.0 Å². The van der Waals surface area contributed by atoms with Gasteiger partial charge in [0.2, 0.25) is 0 Å². The van der Waals surface area contributed by atoms with Gasteiger partial charge >= 0.3 is 0 Å². The molecule has 1 fully saturated rings. The van der Waals surface area contributed by atoms with Crippen molar-refractivity contribution in [3.05, 3.63) is 82.0 Å². The van der Waals surface area contributed by atoms with Crippen molar-refractivity contribution >= 4 is 18.3 Å². The topological polar surface area (TPSA) is 87.9 Å². The molecule has 2 aliphatic heterocycles. The number of nitrogens with one attached hydrogen (secondary N) is 4. The van der Waals surface area contributed by atoms with Crippen molar-refractivity contribution in [1.82, 2.24) is 20.9 Å². The van der Waals surface area contributed by atoms with E-state index >= 15 is 0 Å². The molecule has 1 saturated heterocycles. The van der Waals surface area contributed by atoms with Gasteiger partial charge in [0.1, 0.15) is 17.5 Å². The standard InChI is InChI=1S/C32H42FN7/c1-6-23(2)28(20-35-4)29(31(34)40-18-17-38-24(3)22-40)21-37-19-26-12-10-16-39-32(36-5)27(26)15-14-25-11-8-7-9-13-30(25)33/h7-9,12-15,19-20,23-24,34,36,38-39H,6,11,17-18,21-22H2,1-5H3/b15-14+,29-28-,34-31?,35-20?,37-19?. The third-order valence-corrected chi connectivity index (χ3v) is 7.11. The molecular weight excluding hydrogens is 501 g/mol. The Balaban J connectivity index is 1.96. The number of nitrogens with zero attached hydrogens (tertiary/aromatic N) is 3. The molecule has 7 nitrogen and oxygen atoms in total. The number of hydrogen-bond donors (Lipinski definition) is 4. The smallest absolute Gasteiger partial charge is 0.126 e. The molecule has 2 unspecified atom stereocenters. The van der Waals surface area contributed by atoms with Gasteiger partial charge in [-0.3, -0.25) is 15.4 Å². The average molecular weight is 544 g/mol. The van der Waals surface area contributed by atoms with Crippen molar-refractivity contribution in [1.29, 1.82) is 5.41 Å². The van der Waals surface area contributed by atoms with Crippen LogP contribution in [0.2, 0.25) is 0 Å². The van der Waals surface area contributed by atoms with E-state index in [1.807, 2.05) is 31.5 Å². The Kier molecular flexibility index (Phi) is 11.9. The molecule has 3 rings (SSSR count). The third-order valence-electron chi connectivity index (χ3n) is 7.11. The molecule has 0 saturated carbocycles. The van der Waals surface area contributed by atoms with E-state index in [9.17, 15) is 4.39 Å². The number of allylic oxidation sites excluding steroid dienone is 12. The van der Waals surface area contributed by atoms with Gasteiger partial charge in [0.05, 0.1) is 6.54 Å². The first-order valence-electron chi connectivity index (χ1n) is 13.9. The summed E-state index contributed by atoms with van der Waals surface area (Å²) in [5, 5.41) is 18.8. The predicted octanol–water partition coefficient (Wildman–Crippen LogP) is 4.59. The Hall–Kier alpha value is -3.96. The first-order chi connectivity index (χ1) is 19.4. The summed E-state index contributed by atoms with van der Waals surface area (Å²) >= 11 is 0. The molecule has 0 radical (unpaired) electrons. The van der Waals surface area contributed by atoms with Gasteiger partial charge < -0.3 is 20.9 Å². The van der Waals surface area contributed by atoms with Gasteiger partial charge in [0, 0.05) is 75.0 Å². The summed E-state index contributed by atoms with van der Waals surface area (Å²) in [6.07, 6.45) is 17.5. The minimum atomic E-state index is -0.254. The first kappa shape index (κ1) is 30.6. The van der Waals surface area contributed by atoms with Crippen LogP contribution in [0.4, 0.5) is 4.39 Å². The van der Waals surface area contributed by atoms with E-state index in [-0.39, 0.29) is 11.7 Å². The molecule has 40 heavy (non-hydrogen) atoms. The molecule has 212 valence electrons. The van der Waals surface area contributed by atoms with E-state index in [1.54, 1.807) is 31.5 Å². The molecule has 4 N–H and O–H groups in total. The highest BCUT2D eigenvalue weighted by atomic mass is 19.1. The fourth-order valence-electron chi connectivity index (χ4n) is 4.66. The molecule has 3 aliphatic rings. The largest absolute Gasteiger partial charge is 0.374 e. The van der Waals surface area contributed by atoms with Crippen molar-refractivity contribution < 1.29 is 4.39 Å². The summed E-state index contributed by atoms with van der Waals surface area (Å²) in [5.74, 6) is 4.20. The fourth-order valence-corrected chi connectivity index (χ4v) is 4.66. The second-order valence-corrected chi connectivity index (χ2v) is 9.98. The number of piperazine rings is 1. The van der Waals surface area contributed by atoms with Crippen LogP contribution in [-0.2, 0) is 0 Å². The van der Waals surface area contributed by atoms with Crippen LogP contribution in [0.15, 0.2) is 92.0 Å². The molecule has 0 aromatic heterocycles. The fraction of sp³-hybridized carbons (Fsp3) is 0.406. The van der Waals surface area contributed by atoms with Crippen molar-refractivity contribution in [2.24, 2.45) is 15.9 Å². The Morgan fingerprint density at radius 3 is 2.90 bits per heavy atom. The van der Waals surface area contributed by atoms with Crippen LogP contribution in [0.3, 0.4) is 0 Å². The highest BCUT2D eigenvalue weighted by Gasteiger charge is 2.23. The van der Waals surface area contributed by atoms with Crippen LogP contribution >= 0.6 is 0 Å². The normalized spacial score (nSPS) is 21.2. The summed E-state index contributed by atoms with van der Waals surface area (Å²) < 4.78 is 14.5. The summed E-state index contributed by atoms with van der Waals surface area (Å²) in [6, 6.07) is 3.22. The van der Waals surface area contributed by atoms with Crippen LogP contribution in [-0.4, -0.2) is 69.5 Å². The summed E-state index contributed by atoms with van der Waals surface area (Å²) in [6.45, 7) is 9.18. The van der Waals surface area contributed by atoms with Gasteiger partial charge in [-0.15, -0.1) is 0 Å².